The predicted molar refractivity (Wildman–Crippen MR) is 64.7 cm³/mol. The lowest BCUT2D eigenvalue weighted by molar-refractivity contribution is -0.113. The van der Waals surface area contributed by atoms with Gasteiger partial charge in [0.1, 0.15) is 6.29 Å². The van der Waals surface area contributed by atoms with Crippen molar-refractivity contribution in [3.8, 4) is 0 Å². The molecule has 1 nitrogen and oxygen atoms in total. The van der Waals surface area contributed by atoms with E-state index in [1.165, 1.54) is 38.4 Å². The van der Waals surface area contributed by atoms with Crippen molar-refractivity contribution in [1.29, 1.82) is 0 Å². The molecule has 15 heavy (non-hydrogen) atoms. The van der Waals surface area contributed by atoms with E-state index in [-0.39, 0.29) is 0 Å². The molecule has 1 aliphatic rings. The van der Waals surface area contributed by atoms with E-state index in [9.17, 15) is 4.79 Å². The van der Waals surface area contributed by atoms with Gasteiger partial charge in [-0.3, -0.25) is 0 Å². The molecule has 2 unspecified atom stereocenters. The number of carbonyl (C=O) groups is 1. The van der Waals surface area contributed by atoms with Crippen LogP contribution in [0.15, 0.2) is 0 Å². The molecule has 1 heteroatoms. The second-order valence-corrected chi connectivity index (χ2v) is 5.27. The van der Waals surface area contributed by atoms with Crippen molar-refractivity contribution in [2.45, 2.75) is 59.3 Å². The zero-order valence-corrected chi connectivity index (χ0v) is 10.5. The molecule has 1 aliphatic carbocycles. The van der Waals surface area contributed by atoms with Gasteiger partial charge in [-0.05, 0) is 49.9 Å². The first-order valence-corrected chi connectivity index (χ1v) is 6.68. The van der Waals surface area contributed by atoms with Crippen LogP contribution in [0.5, 0.6) is 0 Å². The quantitative estimate of drug-likeness (QED) is 0.625. The summed E-state index contributed by atoms with van der Waals surface area (Å²) < 4.78 is 0. The number of rotatable bonds is 5. The van der Waals surface area contributed by atoms with E-state index in [1.54, 1.807) is 0 Å². The second-order valence-electron chi connectivity index (χ2n) is 5.27. The molecule has 1 saturated carbocycles. The van der Waals surface area contributed by atoms with E-state index in [0.29, 0.717) is 11.8 Å². The minimum absolute atomic E-state index is 0.336. The molecule has 0 aromatic heterocycles. The van der Waals surface area contributed by atoms with E-state index < -0.39 is 0 Å². The summed E-state index contributed by atoms with van der Waals surface area (Å²) in [6.45, 7) is 6.80. The van der Waals surface area contributed by atoms with E-state index in [2.05, 4.69) is 20.8 Å². The number of hydrogen-bond donors (Lipinski definition) is 0. The van der Waals surface area contributed by atoms with Gasteiger partial charge < -0.3 is 4.79 Å². The normalized spacial score (nSPS) is 30.9. The van der Waals surface area contributed by atoms with Gasteiger partial charge in [-0.25, -0.2) is 0 Å². The maximum atomic E-state index is 10.9. The van der Waals surface area contributed by atoms with E-state index in [4.69, 9.17) is 0 Å². The highest BCUT2D eigenvalue weighted by Gasteiger charge is 2.28. The van der Waals surface area contributed by atoms with Gasteiger partial charge in [0.2, 0.25) is 0 Å². The molecule has 0 amide bonds. The highest BCUT2D eigenvalue weighted by molar-refractivity contribution is 5.53. The van der Waals surface area contributed by atoms with Gasteiger partial charge in [-0.2, -0.15) is 0 Å². The Labute approximate surface area is 94.6 Å². The summed E-state index contributed by atoms with van der Waals surface area (Å²) in [5.41, 5.74) is 0. The molecular formula is C14H26O. The van der Waals surface area contributed by atoms with Gasteiger partial charge in [0.05, 0.1) is 0 Å². The molecule has 0 saturated heterocycles. The second kappa shape index (κ2) is 6.30. The third kappa shape index (κ3) is 3.32. The van der Waals surface area contributed by atoms with Crippen LogP contribution in [0.25, 0.3) is 0 Å². The Morgan fingerprint density at radius 2 is 1.60 bits per heavy atom. The molecule has 88 valence electrons. The highest BCUT2D eigenvalue weighted by Crippen LogP contribution is 2.37. The Kier molecular flexibility index (Phi) is 5.35. The molecule has 0 N–H and O–H groups in total. The van der Waals surface area contributed by atoms with Gasteiger partial charge in [0.15, 0.2) is 0 Å². The lowest BCUT2D eigenvalue weighted by Gasteiger charge is -2.34. The van der Waals surface area contributed by atoms with Crippen LogP contribution in [-0.4, -0.2) is 6.29 Å². The Morgan fingerprint density at radius 3 is 2.00 bits per heavy atom. The number of carbonyl (C=O) groups excluding carboxylic acids is 1. The predicted octanol–water partition coefficient (Wildman–Crippen LogP) is 4.06. The van der Waals surface area contributed by atoms with Crippen molar-refractivity contribution in [1.82, 2.24) is 0 Å². The van der Waals surface area contributed by atoms with Gasteiger partial charge >= 0.3 is 0 Å². The van der Waals surface area contributed by atoms with Crippen LogP contribution in [0.3, 0.4) is 0 Å². The molecular weight excluding hydrogens is 184 g/mol. The Balaban J connectivity index is 2.38. The summed E-state index contributed by atoms with van der Waals surface area (Å²) in [6.07, 6.45) is 8.79. The van der Waals surface area contributed by atoms with Crippen LogP contribution in [0.2, 0.25) is 0 Å². The minimum atomic E-state index is 0.336. The first-order chi connectivity index (χ1) is 7.22. The molecule has 0 bridgehead atoms. The lowest BCUT2D eigenvalue weighted by atomic mass is 9.71. The fraction of sp³-hybridized carbons (Fsp3) is 0.929. The van der Waals surface area contributed by atoms with Crippen LogP contribution in [-0.2, 0) is 4.79 Å². The lowest BCUT2D eigenvalue weighted by Crippen LogP contribution is -2.25. The summed E-state index contributed by atoms with van der Waals surface area (Å²) in [7, 11) is 0. The van der Waals surface area contributed by atoms with Crippen molar-refractivity contribution in [3.63, 3.8) is 0 Å². The largest absolute Gasteiger partial charge is 0.303 e. The van der Waals surface area contributed by atoms with E-state index in [0.717, 1.165) is 18.3 Å². The van der Waals surface area contributed by atoms with Crippen molar-refractivity contribution in [2.75, 3.05) is 0 Å². The summed E-state index contributed by atoms with van der Waals surface area (Å²) in [4.78, 5) is 10.9. The summed E-state index contributed by atoms with van der Waals surface area (Å²) in [5, 5.41) is 0. The fourth-order valence-corrected chi connectivity index (χ4v) is 3.02. The van der Waals surface area contributed by atoms with Crippen LogP contribution < -0.4 is 0 Å². The smallest absolute Gasteiger partial charge is 0.123 e. The molecule has 0 aromatic rings. The Hall–Kier alpha value is -0.330. The fourth-order valence-electron chi connectivity index (χ4n) is 3.02. The summed E-state index contributed by atoms with van der Waals surface area (Å²) >= 11 is 0. The van der Waals surface area contributed by atoms with Crippen molar-refractivity contribution >= 4 is 6.29 Å². The summed E-state index contributed by atoms with van der Waals surface area (Å²) in [6, 6.07) is 0. The van der Waals surface area contributed by atoms with Gasteiger partial charge in [-0.15, -0.1) is 0 Å². The van der Waals surface area contributed by atoms with Gasteiger partial charge in [-0.1, -0.05) is 27.2 Å². The van der Waals surface area contributed by atoms with Crippen LogP contribution in [0.1, 0.15) is 59.3 Å². The van der Waals surface area contributed by atoms with Crippen molar-refractivity contribution < 1.29 is 4.79 Å². The molecule has 0 aromatic carbocycles. The third-order valence-corrected chi connectivity index (χ3v) is 4.52. The molecule has 1 fully saturated rings. The topological polar surface area (TPSA) is 17.1 Å². The van der Waals surface area contributed by atoms with Crippen molar-refractivity contribution in [2.24, 2.45) is 23.7 Å². The van der Waals surface area contributed by atoms with E-state index >= 15 is 0 Å². The van der Waals surface area contributed by atoms with Gasteiger partial charge in [0.25, 0.3) is 0 Å². The van der Waals surface area contributed by atoms with Crippen molar-refractivity contribution in [3.05, 3.63) is 0 Å². The SMILES string of the molecule is CCC(C)C1CCC(C(C=O)CC)CC1. The average molecular weight is 210 g/mol. The highest BCUT2D eigenvalue weighted by atomic mass is 16.1. The van der Waals surface area contributed by atoms with E-state index in [1.807, 2.05) is 0 Å². The maximum absolute atomic E-state index is 10.9. The monoisotopic (exact) mass is 210 g/mol. The standard InChI is InChI=1S/C14H26O/c1-4-11(3)13-6-8-14(9-7-13)12(5-2)10-15/h10-14H,4-9H2,1-3H3. The molecule has 0 radical (unpaired) electrons. The number of hydrogen-bond acceptors (Lipinski definition) is 1. The molecule has 0 heterocycles. The third-order valence-electron chi connectivity index (χ3n) is 4.52. The maximum Gasteiger partial charge on any atom is 0.123 e. The zero-order valence-electron chi connectivity index (χ0n) is 10.5. The molecule has 1 rings (SSSR count). The van der Waals surface area contributed by atoms with Crippen LogP contribution in [0.4, 0.5) is 0 Å². The molecule has 2 atom stereocenters. The molecule has 0 spiro atoms. The molecule has 0 aliphatic heterocycles. The number of aldehydes is 1. The zero-order chi connectivity index (χ0) is 11.3. The van der Waals surface area contributed by atoms with Gasteiger partial charge in [0, 0.05) is 5.92 Å². The Morgan fingerprint density at radius 1 is 1.07 bits per heavy atom. The van der Waals surface area contributed by atoms with Crippen LogP contribution >= 0.6 is 0 Å². The van der Waals surface area contributed by atoms with Crippen LogP contribution in [0, 0.1) is 23.7 Å². The average Bonchev–Trinajstić information content (AvgIpc) is 2.30. The minimum Gasteiger partial charge on any atom is -0.303 e. The first kappa shape index (κ1) is 12.7. The summed E-state index contributed by atoms with van der Waals surface area (Å²) in [5.74, 6) is 2.83. The first-order valence-electron chi connectivity index (χ1n) is 6.68. The Bertz CT molecular complexity index is 180.